The van der Waals surface area contributed by atoms with Crippen molar-refractivity contribution in [3.63, 3.8) is 0 Å². The summed E-state index contributed by atoms with van der Waals surface area (Å²) in [6.07, 6.45) is 6.32. The Bertz CT molecular complexity index is 456. The molecule has 1 atom stereocenters. The van der Waals surface area contributed by atoms with Gasteiger partial charge in [-0.15, -0.1) is 11.8 Å². The van der Waals surface area contributed by atoms with E-state index in [1.54, 1.807) is 18.0 Å². The summed E-state index contributed by atoms with van der Waals surface area (Å²) in [4.78, 5) is 1.24. The van der Waals surface area contributed by atoms with Crippen molar-refractivity contribution >= 4 is 35.3 Å². The molecule has 1 aromatic carbocycles. The third-order valence-corrected chi connectivity index (χ3v) is 3.99. The van der Waals surface area contributed by atoms with Gasteiger partial charge in [0.15, 0.2) is 5.11 Å². The number of hydrogen-bond acceptors (Lipinski definition) is 4. The molecule has 2 rings (SSSR count). The topological polar surface area (TPSA) is 45.7 Å². The highest BCUT2D eigenvalue weighted by Crippen LogP contribution is 2.13. The first-order valence-electron chi connectivity index (χ1n) is 6.60. The third-order valence-electron chi connectivity index (χ3n) is 3.01. The van der Waals surface area contributed by atoms with E-state index in [2.05, 4.69) is 34.2 Å². The molecule has 0 radical (unpaired) electrons. The molecule has 6 heteroatoms. The van der Waals surface area contributed by atoms with Crippen molar-refractivity contribution in [3.05, 3.63) is 29.8 Å². The van der Waals surface area contributed by atoms with Gasteiger partial charge in [-0.1, -0.05) is 12.1 Å². The number of benzene rings is 1. The minimum Gasteiger partial charge on any atom is -0.376 e. The molecule has 108 valence electrons. The fourth-order valence-corrected chi connectivity index (χ4v) is 2.45. The number of thiocarbonyl (C=S) groups is 1. The van der Waals surface area contributed by atoms with E-state index >= 15 is 0 Å². The Balaban J connectivity index is 1.69. The van der Waals surface area contributed by atoms with Crippen LogP contribution in [0.1, 0.15) is 18.4 Å². The van der Waals surface area contributed by atoms with Crippen LogP contribution in [0.15, 0.2) is 34.3 Å². The minimum atomic E-state index is 0.276. The van der Waals surface area contributed by atoms with Gasteiger partial charge in [-0.2, -0.15) is 5.10 Å². The highest BCUT2D eigenvalue weighted by Gasteiger charge is 2.14. The Morgan fingerprint density at radius 2 is 2.30 bits per heavy atom. The summed E-state index contributed by atoms with van der Waals surface area (Å²) < 4.78 is 5.51. The molecule has 4 nitrogen and oxygen atoms in total. The molecule has 0 aromatic heterocycles. The van der Waals surface area contributed by atoms with E-state index in [0.29, 0.717) is 5.11 Å². The smallest absolute Gasteiger partial charge is 0.187 e. The van der Waals surface area contributed by atoms with Crippen molar-refractivity contribution in [2.24, 2.45) is 5.10 Å². The highest BCUT2D eigenvalue weighted by molar-refractivity contribution is 7.98. The number of rotatable bonds is 5. The van der Waals surface area contributed by atoms with Crippen LogP contribution in [-0.4, -0.2) is 36.8 Å². The summed E-state index contributed by atoms with van der Waals surface area (Å²) in [6, 6.07) is 8.19. The van der Waals surface area contributed by atoms with E-state index in [-0.39, 0.29) is 6.10 Å². The number of nitrogens with one attached hydrogen (secondary N) is 2. The summed E-state index contributed by atoms with van der Waals surface area (Å²) in [6.45, 7) is 1.60. The van der Waals surface area contributed by atoms with Crippen molar-refractivity contribution in [2.75, 3.05) is 19.4 Å². The zero-order valence-corrected chi connectivity index (χ0v) is 13.1. The predicted molar refractivity (Wildman–Crippen MR) is 88.5 cm³/mol. The van der Waals surface area contributed by atoms with Crippen molar-refractivity contribution in [2.45, 2.75) is 23.8 Å². The van der Waals surface area contributed by atoms with E-state index < -0.39 is 0 Å². The molecule has 1 aliphatic heterocycles. The lowest BCUT2D eigenvalue weighted by molar-refractivity contribution is 0.114. The molecule has 0 amide bonds. The van der Waals surface area contributed by atoms with Gasteiger partial charge in [0, 0.05) is 18.0 Å². The van der Waals surface area contributed by atoms with Gasteiger partial charge in [-0.05, 0) is 49.0 Å². The van der Waals surface area contributed by atoms with Crippen LogP contribution < -0.4 is 10.7 Å². The van der Waals surface area contributed by atoms with Gasteiger partial charge in [-0.3, -0.25) is 5.43 Å². The second-order valence-electron chi connectivity index (χ2n) is 4.49. The quantitative estimate of drug-likeness (QED) is 0.378. The summed E-state index contributed by atoms with van der Waals surface area (Å²) in [5.74, 6) is 0. The molecule has 1 unspecified atom stereocenters. The highest BCUT2D eigenvalue weighted by atomic mass is 32.2. The zero-order chi connectivity index (χ0) is 14.2. The van der Waals surface area contributed by atoms with Crippen molar-refractivity contribution in [1.29, 1.82) is 0 Å². The molecule has 1 aromatic rings. The van der Waals surface area contributed by atoms with Crippen LogP contribution in [0.25, 0.3) is 0 Å². The van der Waals surface area contributed by atoms with E-state index in [0.717, 1.165) is 31.6 Å². The lowest BCUT2D eigenvalue weighted by Crippen LogP contribution is -2.37. The van der Waals surface area contributed by atoms with Gasteiger partial charge in [0.2, 0.25) is 0 Å². The van der Waals surface area contributed by atoms with Crippen LogP contribution in [0.4, 0.5) is 0 Å². The summed E-state index contributed by atoms with van der Waals surface area (Å²) in [7, 11) is 0. The molecule has 20 heavy (non-hydrogen) atoms. The zero-order valence-electron chi connectivity index (χ0n) is 11.5. The molecule has 0 bridgehead atoms. The average molecular weight is 309 g/mol. The Kier molecular flexibility index (Phi) is 6.29. The van der Waals surface area contributed by atoms with Gasteiger partial charge in [0.1, 0.15) is 0 Å². The number of thioether (sulfide) groups is 1. The number of ether oxygens (including phenoxy) is 1. The van der Waals surface area contributed by atoms with E-state index in [9.17, 15) is 0 Å². The Labute approximate surface area is 129 Å². The van der Waals surface area contributed by atoms with Gasteiger partial charge in [0.25, 0.3) is 0 Å². The van der Waals surface area contributed by atoms with Crippen LogP contribution in [0.2, 0.25) is 0 Å². The molecule has 1 saturated heterocycles. The Morgan fingerprint density at radius 3 is 2.95 bits per heavy atom. The SMILES string of the molecule is CSc1ccc(C=NNC(=S)NCC2CCCO2)cc1. The van der Waals surface area contributed by atoms with Crippen LogP contribution in [0.5, 0.6) is 0 Å². The second kappa shape index (κ2) is 8.24. The fourth-order valence-electron chi connectivity index (χ4n) is 1.91. The fraction of sp³-hybridized carbons (Fsp3) is 0.429. The average Bonchev–Trinajstić information content (AvgIpc) is 2.99. The monoisotopic (exact) mass is 309 g/mol. The van der Waals surface area contributed by atoms with Gasteiger partial charge in [-0.25, -0.2) is 0 Å². The first-order valence-corrected chi connectivity index (χ1v) is 8.24. The van der Waals surface area contributed by atoms with Gasteiger partial charge in [0.05, 0.1) is 12.3 Å². The van der Waals surface area contributed by atoms with Crippen molar-refractivity contribution in [3.8, 4) is 0 Å². The van der Waals surface area contributed by atoms with Crippen molar-refractivity contribution < 1.29 is 4.74 Å². The molecular weight excluding hydrogens is 290 g/mol. The number of nitrogens with zero attached hydrogens (tertiary/aromatic N) is 1. The molecular formula is C14H19N3OS2. The van der Waals surface area contributed by atoms with Crippen LogP contribution in [0.3, 0.4) is 0 Å². The molecule has 0 aliphatic carbocycles. The standard InChI is InChI=1S/C14H19N3OS2/c1-20-13-6-4-11(5-7-13)9-16-17-14(19)15-10-12-3-2-8-18-12/h4-7,9,12H,2-3,8,10H2,1H3,(H2,15,17,19). The van der Waals surface area contributed by atoms with Crippen LogP contribution >= 0.6 is 24.0 Å². The Morgan fingerprint density at radius 1 is 1.50 bits per heavy atom. The maximum absolute atomic E-state index is 5.51. The molecule has 1 heterocycles. The first kappa shape index (κ1) is 15.3. The van der Waals surface area contributed by atoms with Crippen LogP contribution in [-0.2, 0) is 4.74 Å². The lowest BCUT2D eigenvalue weighted by Gasteiger charge is -2.11. The van der Waals surface area contributed by atoms with Gasteiger partial charge < -0.3 is 10.1 Å². The summed E-state index contributed by atoms with van der Waals surface area (Å²) in [5.41, 5.74) is 3.85. The van der Waals surface area contributed by atoms with E-state index in [1.807, 2.05) is 12.1 Å². The summed E-state index contributed by atoms with van der Waals surface area (Å²) in [5, 5.41) is 7.75. The summed E-state index contributed by atoms with van der Waals surface area (Å²) >= 11 is 6.87. The van der Waals surface area contributed by atoms with Gasteiger partial charge >= 0.3 is 0 Å². The minimum absolute atomic E-state index is 0.276. The van der Waals surface area contributed by atoms with Crippen molar-refractivity contribution in [1.82, 2.24) is 10.7 Å². The van der Waals surface area contributed by atoms with E-state index in [4.69, 9.17) is 17.0 Å². The molecule has 2 N–H and O–H groups in total. The Hall–Kier alpha value is -1.11. The molecule has 1 aliphatic rings. The number of hydrazone groups is 1. The molecule has 0 saturated carbocycles. The predicted octanol–water partition coefficient (Wildman–Crippen LogP) is 2.39. The normalized spacial score (nSPS) is 18.4. The molecule has 1 fully saturated rings. The largest absolute Gasteiger partial charge is 0.376 e. The molecule has 0 spiro atoms. The first-order chi connectivity index (χ1) is 9.78. The third kappa shape index (κ3) is 5.11. The van der Waals surface area contributed by atoms with E-state index in [1.165, 1.54) is 4.90 Å². The maximum Gasteiger partial charge on any atom is 0.187 e. The maximum atomic E-state index is 5.51. The van der Waals surface area contributed by atoms with Crippen LogP contribution in [0, 0.1) is 0 Å². The lowest BCUT2D eigenvalue weighted by atomic mass is 10.2. The number of hydrogen-bond donors (Lipinski definition) is 2. The second-order valence-corrected chi connectivity index (χ2v) is 5.78.